The van der Waals surface area contributed by atoms with Crippen molar-refractivity contribution in [1.29, 1.82) is 0 Å². The predicted octanol–water partition coefficient (Wildman–Crippen LogP) is 7.92. The number of unbranched alkanes of at least 4 members (excludes halogenated alkanes) is 1. The minimum atomic E-state index is -1.14. The quantitative estimate of drug-likeness (QED) is 0.0653. The van der Waals surface area contributed by atoms with Gasteiger partial charge in [0.2, 0.25) is 0 Å². The molecule has 4 aromatic carbocycles. The standard InChI is InChI=1S/C36H36N4O5/c1-2-25-22-27(44-20-8-7-19-38-40-37)17-18-28(25)26-15-13-24(14-16-26)21-34(35(41)42)39-36(43)45-23-33-31-11-5-3-9-29(31)30-10-4-6-12-32(30)33/h3-6,9-18,22,33-34H,2,7-8,19-21,23H2,1H3,(H,39,43)(H,41,42)/t34-/m0/s1. The van der Waals surface area contributed by atoms with E-state index in [2.05, 4.69) is 34.4 Å². The van der Waals surface area contributed by atoms with Crippen LogP contribution in [-0.4, -0.2) is 43.0 Å². The number of amides is 1. The smallest absolute Gasteiger partial charge is 0.407 e. The normalized spacial score (nSPS) is 12.4. The van der Waals surface area contributed by atoms with E-state index in [9.17, 15) is 14.7 Å². The summed E-state index contributed by atoms with van der Waals surface area (Å²) < 4.78 is 11.5. The lowest BCUT2D eigenvalue weighted by molar-refractivity contribution is -0.139. The van der Waals surface area contributed by atoms with E-state index in [1.165, 1.54) is 0 Å². The second-order valence-corrected chi connectivity index (χ2v) is 10.9. The van der Waals surface area contributed by atoms with Gasteiger partial charge in [-0.3, -0.25) is 0 Å². The number of benzene rings is 4. The number of rotatable bonds is 14. The maximum absolute atomic E-state index is 12.8. The molecule has 0 saturated heterocycles. The third kappa shape index (κ3) is 7.63. The van der Waals surface area contributed by atoms with E-state index < -0.39 is 18.1 Å². The molecule has 0 aromatic heterocycles. The van der Waals surface area contributed by atoms with Gasteiger partial charge in [-0.15, -0.1) is 0 Å². The first-order valence-electron chi connectivity index (χ1n) is 15.2. The highest BCUT2D eigenvalue weighted by atomic mass is 16.5. The summed E-state index contributed by atoms with van der Waals surface area (Å²) in [5.41, 5.74) is 16.8. The first kappa shape index (κ1) is 31.2. The molecule has 0 radical (unpaired) electrons. The molecule has 2 N–H and O–H groups in total. The number of alkyl carbamates (subject to hydrolysis) is 1. The fraction of sp³-hybridized carbons (Fsp3) is 0.278. The van der Waals surface area contributed by atoms with Gasteiger partial charge in [0.1, 0.15) is 18.4 Å². The van der Waals surface area contributed by atoms with E-state index in [4.69, 9.17) is 15.0 Å². The van der Waals surface area contributed by atoms with E-state index in [0.29, 0.717) is 13.2 Å². The van der Waals surface area contributed by atoms with Crippen molar-refractivity contribution in [3.63, 3.8) is 0 Å². The molecule has 0 bridgehead atoms. The van der Waals surface area contributed by atoms with Gasteiger partial charge in [0.05, 0.1) is 6.61 Å². The fourth-order valence-electron chi connectivity index (χ4n) is 5.79. The summed E-state index contributed by atoms with van der Waals surface area (Å²) in [5.74, 6) is -0.447. The Balaban J connectivity index is 1.18. The van der Waals surface area contributed by atoms with Crippen molar-refractivity contribution in [2.24, 2.45) is 5.11 Å². The highest BCUT2D eigenvalue weighted by molar-refractivity contribution is 5.81. The van der Waals surface area contributed by atoms with E-state index >= 15 is 0 Å². The number of carbonyl (C=O) groups is 2. The van der Waals surface area contributed by atoms with E-state index in [0.717, 1.165) is 69.5 Å². The molecule has 1 atom stereocenters. The van der Waals surface area contributed by atoms with Crippen LogP contribution >= 0.6 is 0 Å². The number of azide groups is 1. The average molecular weight is 605 g/mol. The number of ether oxygens (including phenoxy) is 2. The van der Waals surface area contributed by atoms with Crippen LogP contribution in [0.25, 0.3) is 32.7 Å². The van der Waals surface area contributed by atoms with Crippen LogP contribution in [0.4, 0.5) is 4.79 Å². The number of aryl methyl sites for hydroxylation is 1. The number of hydrogen-bond donors (Lipinski definition) is 2. The van der Waals surface area contributed by atoms with Gasteiger partial charge in [0.15, 0.2) is 0 Å². The number of carbonyl (C=O) groups excluding carboxylic acids is 1. The van der Waals surface area contributed by atoms with Gasteiger partial charge in [-0.25, -0.2) is 9.59 Å². The van der Waals surface area contributed by atoms with Crippen molar-refractivity contribution < 1.29 is 24.2 Å². The largest absolute Gasteiger partial charge is 0.494 e. The zero-order valence-corrected chi connectivity index (χ0v) is 25.2. The molecule has 0 heterocycles. The Bertz CT molecular complexity index is 1650. The van der Waals surface area contributed by atoms with E-state index in [-0.39, 0.29) is 18.9 Å². The molecular formula is C36H36N4O5. The predicted molar refractivity (Wildman–Crippen MR) is 173 cm³/mol. The molecule has 4 aromatic rings. The third-order valence-electron chi connectivity index (χ3n) is 8.08. The molecule has 0 saturated carbocycles. The van der Waals surface area contributed by atoms with Crippen molar-refractivity contribution in [2.45, 2.75) is 44.6 Å². The van der Waals surface area contributed by atoms with E-state index in [1.54, 1.807) is 0 Å². The van der Waals surface area contributed by atoms with Gasteiger partial charge in [-0.05, 0) is 81.4 Å². The van der Waals surface area contributed by atoms with Crippen LogP contribution in [0, 0.1) is 0 Å². The SMILES string of the molecule is CCc1cc(OCCCCN=[N+]=[N-])ccc1-c1ccc(C[C@H](NC(=O)OCC2c3ccccc3-c3ccccc32)C(=O)O)cc1. The van der Waals surface area contributed by atoms with Crippen molar-refractivity contribution in [3.8, 4) is 28.0 Å². The maximum Gasteiger partial charge on any atom is 0.407 e. The van der Waals surface area contributed by atoms with Crippen molar-refractivity contribution in [3.05, 3.63) is 124 Å². The topological polar surface area (TPSA) is 134 Å². The zero-order valence-electron chi connectivity index (χ0n) is 25.2. The zero-order chi connectivity index (χ0) is 31.6. The van der Waals surface area contributed by atoms with Crippen LogP contribution < -0.4 is 10.1 Å². The first-order chi connectivity index (χ1) is 22.0. The Kier molecular flexibility index (Phi) is 10.4. The lowest BCUT2D eigenvalue weighted by atomic mass is 9.96. The van der Waals surface area contributed by atoms with Crippen LogP contribution in [0.15, 0.2) is 96.1 Å². The number of carboxylic acid groups (broad SMARTS) is 1. The Labute approximate surface area is 262 Å². The summed E-state index contributed by atoms with van der Waals surface area (Å²) in [6.45, 7) is 3.21. The molecule has 0 spiro atoms. The summed E-state index contributed by atoms with van der Waals surface area (Å²) in [6.07, 6.45) is 1.76. The number of carboxylic acids is 1. The molecule has 230 valence electrons. The van der Waals surface area contributed by atoms with Crippen LogP contribution in [0.5, 0.6) is 5.75 Å². The number of hydrogen-bond acceptors (Lipinski definition) is 5. The highest BCUT2D eigenvalue weighted by Crippen LogP contribution is 2.44. The van der Waals surface area contributed by atoms with Crippen LogP contribution in [-0.2, 0) is 22.4 Å². The Morgan fingerprint density at radius 2 is 1.62 bits per heavy atom. The lowest BCUT2D eigenvalue weighted by Crippen LogP contribution is -2.42. The number of fused-ring (bicyclic) bond motifs is 3. The molecule has 1 amide bonds. The molecular weight excluding hydrogens is 568 g/mol. The second kappa shape index (κ2) is 14.9. The molecule has 5 rings (SSSR count). The Morgan fingerprint density at radius 3 is 2.27 bits per heavy atom. The molecule has 0 unspecified atom stereocenters. The van der Waals surface area contributed by atoms with Gasteiger partial charge in [-0.1, -0.05) is 90.9 Å². The van der Waals surface area contributed by atoms with Crippen LogP contribution in [0.2, 0.25) is 0 Å². The lowest BCUT2D eigenvalue weighted by Gasteiger charge is -2.18. The molecule has 0 aliphatic heterocycles. The second-order valence-electron chi connectivity index (χ2n) is 10.9. The molecule has 1 aliphatic rings. The molecule has 9 nitrogen and oxygen atoms in total. The number of nitrogens with one attached hydrogen (secondary N) is 1. The van der Waals surface area contributed by atoms with Crippen molar-refractivity contribution in [2.75, 3.05) is 19.8 Å². The summed E-state index contributed by atoms with van der Waals surface area (Å²) in [5, 5.41) is 15.9. The summed E-state index contributed by atoms with van der Waals surface area (Å²) in [6, 6.07) is 28.7. The fourth-order valence-corrected chi connectivity index (χ4v) is 5.79. The van der Waals surface area contributed by atoms with Gasteiger partial charge in [0, 0.05) is 23.8 Å². The summed E-state index contributed by atoms with van der Waals surface area (Å²) >= 11 is 0. The molecule has 9 heteroatoms. The summed E-state index contributed by atoms with van der Waals surface area (Å²) in [4.78, 5) is 27.6. The maximum atomic E-state index is 12.8. The third-order valence-corrected chi connectivity index (χ3v) is 8.08. The van der Waals surface area contributed by atoms with Gasteiger partial charge < -0.3 is 19.9 Å². The number of aliphatic carboxylic acids is 1. The van der Waals surface area contributed by atoms with Crippen LogP contribution in [0.3, 0.4) is 0 Å². The summed E-state index contributed by atoms with van der Waals surface area (Å²) in [7, 11) is 0. The van der Waals surface area contributed by atoms with Crippen molar-refractivity contribution in [1.82, 2.24) is 5.32 Å². The monoisotopic (exact) mass is 604 g/mol. The average Bonchev–Trinajstić information content (AvgIpc) is 3.39. The molecule has 0 fully saturated rings. The van der Waals surface area contributed by atoms with E-state index in [1.807, 2.05) is 78.9 Å². The van der Waals surface area contributed by atoms with Crippen molar-refractivity contribution >= 4 is 12.1 Å². The minimum Gasteiger partial charge on any atom is -0.494 e. The Hall–Kier alpha value is -5.27. The van der Waals surface area contributed by atoms with Gasteiger partial charge >= 0.3 is 12.1 Å². The van der Waals surface area contributed by atoms with Gasteiger partial charge in [-0.2, -0.15) is 0 Å². The molecule has 1 aliphatic carbocycles. The highest BCUT2D eigenvalue weighted by Gasteiger charge is 2.30. The minimum absolute atomic E-state index is 0.108. The molecule has 45 heavy (non-hydrogen) atoms. The first-order valence-corrected chi connectivity index (χ1v) is 15.2. The van der Waals surface area contributed by atoms with Gasteiger partial charge in [0.25, 0.3) is 0 Å². The van der Waals surface area contributed by atoms with Crippen LogP contribution in [0.1, 0.15) is 47.9 Å². The number of nitrogens with zero attached hydrogens (tertiary/aromatic N) is 3. The Morgan fingerprint density at radius 1 is 0.933 bits per heavy atom.